The fraction of sp³-hybridized carbons (Fsp3) is 0.409. The first-order valence-corrected chi connectivity index (χ1v) is 11.3. The molecule has 9 heteroatoms. The molecule has 1 aromatic carbocycles. The lowest BCUT2D eigenvalue weighted by Crippen LogP contribution is -2.43. The summed E-state index contributed by atoms with van der Waals surface area (Å²) in [5, 5.41) is 0.395. The van der Waals surface area contributed by atoms with E-state index in [0.717, 1.165) is 5.56 Å². The van der Waals surface area contributed by atoms with E-state index < -0.39 is 18.0 Å². The van der Waals surface area contributed by atoms with Crippen LogP contribution in [0.15, 0.2) is 41.7 Å². The lowest BCUT2D eigenvalue weighted by molar-refractivity contribution is 0.0516. The van der Waals surface area contributed by atoms with Crippen molar-refractivity contribution in [3.63, 3.8) is 0 Å². The third kappa shape index (κ3) is 5.81. The van der Waals surface area contributed by atoms with E-state index in [1.54, 1.807) is 13.2 Å². The number of ether oxygens (including phenoxy) is 2. The van der Waals surface area contributed by atoms with Crippen LogP contribution in [0.1, 0.15) is 46.2 Å². The third-order valence-electron chi connectivity index (χ3n) is 4.93. The van der Waals surface area contributed by atoms with Gasteiger partial charge in [0, 0.05) is 25.2 Å². The zero-order valence-electron chi connectivity index (χ0n) is 17.6. The van der Waals surface area contributed by atoms with Gasteiger partial charge in [-0.25, -0.2) is 19.6 Å². The minimum absolute atomic E-state index is 0.0438. The second-order valence-electron chi connectivity index (χ2n) is 7.03. The largest absolute Gasteiger partial charge is 0.462 e. The highest BCUT2D eigenvalue weighted by molar-refractivity contribution is 7.98. The van der Waals surface area contributed by atoms with Crippen molar-refractivity contribution < 1.29 is 23.9 Å². The molecule has 1 aromatic heterocycles. The monoisotopic (exact) mass is 443 g/mol. The molecular weight excluding hydrogens is 418 g/mol. The number of hydrogen-bond acceptors (Lipinski definition) is 8. The highest BCUT2D eigenvalue weighted by Gasteiger charge is 2.33. The maximum Gasteiger partial charge on any atom is 0.410 e. The van der Waals surface area contributed by atoms with Gasteiger partial charge in [-0.1, -0.05) is 42.1 Å². The SMILES string of the molecule is CCOC(=O)c1cnc(SC)nc1C(=O)C1CCCN(C(=O)OCc2ccccc2)C1. The van der Waals surface area contributed by atoms with E-state index in [0.29, 0.717) is 24.5 Å². The van der Waals surface area contributed by atoms with Crippen LogP contribution in [-0.2, 0) is 16.1 Å². The predicted molar refractivity (Wildman–Crippen MR) is 115 cm³/mol. The van der Waals surface area contributed by atoms with Crippen molar-refractivity contribution in [1.82, 2.24) is 14.9 Å². The number of carbonyl (C=O) groups is 3. The Morgan fingerprint density at radius 2 is 1.97 bits per heavy atom. The molecule has 2 heterocycles. The fourth-order valence-corrected chi connectivity index (χ4v) is 3.71. The van der Waals surface area contributed by atoms with Crippen molar-refractivity contribution in [3.05, 3.63) is 53.3 Å². The number of amides is 1. The van der Waals surface area contributed by atoms with E-state index in [1.807, 2.05) is 30.3 Å². The van der Waals surface area contributed by atoms with Gasteiger partial charge in [-0.05, 0) is 31.6 Å². The topological polar surface area (TPSA) is 98.7 Å². The fourth-order valence-electron chi connectivity index (χ4n) is 3.37. The Kier molecular flexibility index (Phi) is 8.00. The van der Waals surface area contributed by atoms with Crippen molar-refractivity contribution in [3.8, 4) is 0 Å². The highest BCUT2D eigenvalue weighted by atomic mass is 32.2. The second kappa shape index (κ2) is 10.9. The molecule has 1 atom stereocenters. The highest BCUT2D eigenvalue weighted by Crippen LogP contribution is 2.24. The Balaban J connectivity index is 1.71. The van der Waals surface area contributed by atoms with Crippen LogP contribution in [0, 0.1) is 5.92 Å². The van der Waals surface area contributed by atoms with E-state index in [4.69, 9.17) is 9.47 Å². The lowest BCUT2D eigenvalue weighted by atomic mass is 9.91. The van der Waals surface area contributed by atoms with Crippen LogP contribution in [0.4, 0.5) is 4.79 Å². The van der Waals surface area contributed by atoms with Gasteiger partial charge in [-0.2, -0.15) is 0 Å². The van der Waals surface area contributed by atoms with E-state index in [2.05, 4.69) is 9.97 Å². The number of hydrogen-bond donors (Lipinski definition) is 0. The summed E-state index contributed by atoms with van der Waals surface area (Å²) in [6, 6.07) is 9.41. The molecule has 31 heavy (non-hydrogen) atoms. The van der Waals surface area contributed by atoms with Crippen molar-refractivity contribution in [2.45, 2.75) is 31.5 Å². The van der Waals surface area contributed by atoms with Gasteiger partial charge in [-0.15, -0.1) is 0 Å². The average Bonchev–Trinajstić information content (AvgIpc) is 2.82. The molecule has 164 valence electrons. The van der Waals surface area contributed by atoms with Crippen molar-refractivity contribution in [2.24, 2.45) is 5.92 Å². The number of likely N-dealkylation sites (tertiary alicyclic amines) is 1. The number of rotatable bonds is 7. The number of esters is 1. The van der Waals surface area contributed by atoms with Crippen LogP contribution in [-0.4, -0.2) is 58.7 Å². The molecule has 1 aliphatic heterocycles. The summed E-state index contributed by atoms with van der Waals surface area (Å²) in [7, 11) is 0. The molecule has 1 fully saturated rings. The number of Topliss-reactive ketones (excluding diaryl/α,β-unsaturated/α-hetero) is 1. The van der Waals surface area contributed by atoms with Gasteiger partial charge in [0.05, 0.1) is 6.61 Å². The molecular formula is C22H25N3O5S. The predicted octanol–water partition coefficient (Wildman–Crippen LogP) is 3.61. The van der Waals surface area contributed by atoms with Gasteiger partial charge in [0.25, 0.3) is 0 Å². The molecule has 0 bridgehead atoms. The minimum atomic E-state index is -0.631. The van der Waals surface area contributed by atoms with Gasteiger partial charge in [0.1, 0.15) is 17.9 Å². The number of ketones is 1. The Morgan fingerprint density at radius 3 is 2.68 bits per heavy atom. The number of aromatic nitrogens is 2. The van der Waals surface area contributed by atoms with Gasteiger partial charge >= 0.3 is 12.1 Å². The van der Waals surface area contributed by atoms with Gasteiger partial charge in [-0.3, -0.25) is 4.79 Å². The van der Waals surface area contributed by atoms with E-state index in [9.17, 15) is 14.4 Å². The molecule has 1 amide bonds. The maximum atomic E-state index is 13.3. The number of benzene rings is 1. The zero-order valence-corrected chi connectivity index (χ0v) is 18.4. The number of piperidine rings is 1. The van der Waals surface area contributed by atoms with Crippen molar-refractivity contribution in [1.29, 1.82) is 0 Å². The molecule has 0 radical (unpaired) electrons. The molecule has 1 unspecified atom stereocenters. The second-order valence-corrected chi connectivity index (χ2v) is 7.80. The maximum absolute atomic E-state index is 13.3. The molecule has 1 aliphatic rings. The molecule has 0 spiro atoms. The van der Waals surface area contributed by atoms with Crippen LogP contribution in [0.3, 0.4) is 0 Å². The van der Waals surface area contributed by atoms with Crippen LogP contribution in [0.25, 0.3) is 0 Å². The first-order chi connectivity index (χ1) is 15.0. The van der Waals surface area contributed by atoms with E-state index in [1.165, 1.54) is 22.9 Å². The van der Waals surface area contributed by atoms with Crippen molar-refractivity contribution >= 4 is 29.6 Å². The zero-order chi connectivity index (χ0) is 22.2. The average molecular weight is 444 g/mol. The third-order valence-corrected chi connectivity index (χ3v) is 5.50. The normalized spacial score (nSPS) is 15.9. The summed E-state index contributed by atoms with van der Waals surface area (Å²) >= 11 is 1.28. The molecule has 8 nitrogen and oxygen atoms in total. The van der Waals surface area contributed by atoms with Gasteiger partial charge < -0.3 is 14.4 Å². The number of thioether (sulfide) groups is 1. The molecule has 0 aliphatic carbocycles. The van der Waals surface area contributed by atoms with E-state index >= 15 is 0 Å². The van der Waals surface area contributed by atoms with Crippen LogP contribution in [0.5, 0.6) is 0 Å². The Bertz CT molecular complexity index is 938. The molecule has 1 saturated heterocycles. The van der Waals surface area contributed by atoms with Gasteiger partial charge in [0.15, 0.2) is 10.9 Å². The summed E-state index contributed by atoms with van der Waals surface area (Å²) in [6.45, 7) is 2.78. The summed E-state index contributed by atoms with van der Waals surface area (Å²) in [6.07, 6.45) is 3.92. The smallest absolute Gasteiger partial charge is 0.410 e. The Hall–Kier alpha value is -2.94. The standard InChI is InChI=1S/C22H25N3O5S/c1-3-29-20(27)17-12-23-21(31-2)24-18(17)19(26)16-10-7-11-25(13-16)22(28)30-14-15-8-5-4-6-9-15/h4-6,8-9,12,16H,3,7,10-11,13-14H2,1-2H3. The summed E-state index contributed by atoms with van der Waals surface area (Å²) in [5.74, 6) is -1.40. The minimum Gasteiger partial charge on any atom is -0.462 e. The Morgan fingerprint density at radius 1 is 1.19 bits per heavy atom. The van der Waals surface area contributed by atoms with Crippen molar-refractivity contribution in [2.75, 3.05) is 26.0 Å². The first kappa shape index (κ1) is 22.7. The molecule has 0 N–H and O–H groups in total. The van der Waals surface area contributed by atoms with E-state index in [-0.39, 0.29) is 36.8 Å². The van der Waals surface area contributed by atoms with Crippen LogP contribution >= 0.6 is 11.8 Å². The molecule has 2 aromatic rings. The molecule has 0 saturated carbocycles. The molecule has 3 rings (SSSR count). The summed E-state index contributed by atoms with van der Waals surface area (Å²) in [5.41, 5.74) is 0.987. The summed E-state index contributed by atoms with van der Waals surface area (Å²) < 4.78 is 10.5. The summed E-state index contributed by atoms with van der Waals surface area (Å²) in [4.78, 5) is 48.0. The van der Waals surface area contributed by atoms with Crippen LogP contribution < -0.4 is 0 Å². The Labute approximate surface area is 185 Å². The van der Waals surface area contributed by atoms with Crippen LogP contribution in [0.2, 0.25) is 0 Å². The first-order valence-electron chi connectivity index (χ1n) is 10.1. The lowest BCUT2D eigenvalue weighted by Gasteiger charge is -2.31. The number of nitrogens with zero attached hydrogens (tertiary/aromatic N) is 3. The quantitative estimate of drug-likeness (QED) is 0.277. The number of carbonyl (C=O) groups excluding carboxylic acids is 3. The van der Waals surface area contributed by atoms with Gasteiger partial charge in [0.2, 0.25) is 0 Å².